The van der Waals surface area contributed by atoms with Crippen LogP contribution in [0.3, 0.4) is 0 Å². The average molecular weight is 204 g/mol. The summed E-state index contributed by atoms with van der Waals surface area (Å²) >= 11 is 5.98. The number of rotatable bonds is 1. The van der Waals surface area contributed by atoms with Crippen LogP contribution in [0.1, 0.15) is 5.56 Å². The van der Waals surface area contributed by atoms with E-state index in [1.54, 1.807) is 0 Å². The smallest absolute Gasteiger partial charge is 0.276 e. The number of benzene rings is 1. The standard InChI is InChI=1S/C9H11ClN.ClH/c1-11(2)9(10)8-6-4-3-5-7-8;/h3-7H,1-2H3;1H/q+1;/p-1. The molecule has 0 unspecified atom stereocenters. The van der Waals surface area contributed by atoms with Crippen molar-refractivity contribution in [1.29, 1.82) is 0 Å². The molecule has 0 heterocycles. The molecule has 1 rings (SSSR count). The largest absolute Gasteiger partial charge is 1.00 e. The maximum atomic E-state index is 5.98. The first-order valence-electron chi connectivity index (χ1n) is 3.47. The van der Waals surface area contributed by atoms with Gasteiger partial charge in [-0.2, -0.15) is 0 Å². The molecular weight excluding hydrogens is 193 g/mol. The zero-order valence-corrected chi connectivity index (χ0v) is 8.60. The van der Waals surface area contributed by atoms with Crippen molar-refractivity contribution in [2.75, 3.05) is 14.1 Å². The van der Waals surface area contributed by atoms with Crippen molar-refractivity contribution >= 4 is 16.8 Å². The molecule has 1 aromatic carbocycles. The Morgan fingerprint density at radius 2 is 1.67 bits per heavy atom. The van der Waals surface area contributed by atoms with E-state index in [1.807, 2.05) is 49.0 Å². The molecule has 66 valence electrons. The quantitative estimate of drug-likeness (QED) is 0.405. The minimum Gasteiger partial charge on any atom is -1.00 e. The van der Waals surface area contributed by atoms with Gasteiger partial charge in [-0.1, -0.05) is 18.2 Å². The summed E-state index contributed by atoms with van der Waals surface area (Å²) < 4.78 is 1.89. The summed E-state index contributed by atoms with van der Waals surface area (Å²) in [6.45, 7) is 0. The lowest BCUT2D eigenvalue weighted by molar-refractivity contribution is -0.461. The van der Waals surface area contributed by atoms with E-state index in [1.165, 1.54) is 0 Å². The number of hydrogen-bond donors (Lipinski definition) is 0. The van der Waals surface area contributed by atoms with Gasteiger partial charge in [0.1, 0.15) is 14.1 Å². The third-order valence-corrected chi connectivity index (χ3v) is 1.96. The van der Waals surface area contributed by atoms with Crippen molar-refractivity contribution < 1.29 is 17.0 Å². The normalized spacial score (nSPS) is 8.58. The zero-order valence-electron chi connectivity index (χ0n) is 7.09. The van der Waals surface area contributed by atoms with Gasteiger partial charge in [0.05, 0.1) is 5.56 Å². The molecule has 0 spiro atoms. The van der Waals surface area contributed by atoms with Crippen LogP contribution in [0.5, 0.6) is 0 Å². The summed E-state index contributed by atoms with van der Waals surface area (Å²) in [5.41, 5.74) is 1.05. The highest BCUT2D eigenvalue weighted by atomic mass is 35.5. The van der Waals surface area contributed by atoms with Crippen molar-refractivity contribution in [2.24, 2.45) is 0 Å². The van der Waals surface area contributed by atoms with Crippen molar-refractivity contribution in [3.05, 3.63) is 35.9 Å². The first kappa shape index (κ1) is 11.5. The molecule has 0 bridgehead atoms. The number of halogens is 2. The first-order valence-corrected chi connectivity index (χ1v) is 3.85. The van der Waals surface area contributed by atoms with E-state index in [4.69, 9.17) is 11.6 Å². The van der Waals surface area contributed by atoms with Crippen LogP contribution in [-0.4, -0.2) is 23.8 Å². The molecule has 0 fully saturated rings. The van der Waals surface area contributed by atoms with E-state index >= 15 is 0 Å². The van der Waals surface area contributed by atoms with Crippen LogP contribution in [-0.2, 0) is 0 Å². The van der Waals surface area contributed by atoms with Crippen LogP contribution in [0.15, 0.2) is 30.3 Å². The third-order valence-electron chi connectivity index (χ3n) is 1.40. The highest BCUT2D eigenvalue weighted by Crippen LogP contribution is 2.02. The van der Waals surface area contributed by atoms with Crippen molar-refractivity contribution in [1.82, 2.24) is 0 Å². The minimum atomic E-state index is 0. The minimum absolute atomic E-state index is 0. The van der Waals surface area contributed by atoms with Gasteiger partial charge >= 0.3 is 0 Å². The molecule has 0 amide bonds. The van der Waals surface area contributed by atoms with Crippen LogP contribution < -0.4 is 12.4 Å². The monoisotopic (exact) mass is 203 g/mol. The second-order valence-electron chi connectivity index (χ2n) is 2.55. The Morgan fingerprint density at radius 3 is 2.08 bits per heavy atom. The molecule has 0 N–H and O–H groups in total. The number of hydrogen-bond acceptors (Lipinski definition) is 0. The SMILES string of the molecule is C[N+](C)=C(Cl)c1ccccc1.[Cl-]. The van der Waals surface area contributed by atoms with Crippen LogP contribution >= 0.6 is 11.6 Å². The second-order valence-corrected chi connectivity index (χ2v) is 2.91. The Bertz CT molecular complexity index is 263. The Hall–Kier alpha value is -0.530. The summed E-state index contributed by atoms with van der Waals surface area (Å²) in [6.07, 6.45) is 0. The molecular formula is C9H11Cl2N. The Kier molecular flexibility index (Phi) is 4.95. The average Bonchev–Trinajstić information content (AvgIpc) is 2.05. The van der Waals surface area contributed by atoms with Gasteiger partial charge in [0.25, 0.3) is 5.17 Å². The van der Waals surface area contributed by atoms with Gasteiger partial charge in [0, 0.05) is 0 Å². The van der Waals surface area contributed by atoms with Gasteiger partial charge in [-0.15, -0.1) is 0 Å². The lowest BCUT2D eigenvalue weighted by Gasteiger charge is -1.93. The summed E-state index contributed by atoms with van der Waals surface area (Å²) in [5, 5.41) is 0.769. The molecule has 0 atom stereocenters. The molecule has 0 aliphatic carbocycles. The molecule has 0 aromatic heterocycles. The highest BCUT2D eigenvalue weighted by molar-refractivity contribution is 6.68. The molecule has 0 radical (unpaired) electrons. The van der Waals surface area contributed by atoms with E-state index < -0.39 is 0 Å². The van der Waals surface area contributed by atoms with E-state index in [9.17, 15) is 0 Å². The second kappa shape index (κ2) is 5.18. The molecule has 1 nitrogen and oxygen atoms in total. The van der Waals surface area contributed by atoms with Crippen molar-refractivity contribution in [3.63, 3.8) is 0 Å². The lowest BCUT2D eigenvalue weighted by atomic mass is 10.2. The Labute approximate surface area is 84.1 Å². The highest BCUT2D eigenvalue weighted by Gasteiger charge is 2.04. The van der Waals surface area contributed by atoms with Gasteiger partial charge in [0.2, 0.25) is 0 Å². The van der Waals surface area contributed by atoms with Crippen LogP contribution in [0.4, 0.5) is 0 Å². The summed E-state index contributed by atoms with van der Waals surface area (Å²) in [5.74, 6) is 0. The van der Waals surface area contributed by atoms with E-state index in [0.717, 1.165) is 10.7 Å². The molecule has 12 heavy (non-hydrogen) atoms. The van der Waals surface area contributed by atoms with Gasteiger partial charge in [-0.25, -0.2) is 4.58 Å². The summed E-state index contributed by atoms with van der Waals surface area (Å²) in [6, 6.07) is 9.90. The fourth-order valence-corrected chi connectivity index (χ4v) is 0.960. The summed E-state index contributed by atoms with van der Waals surface area (Å²) in [7, 11) is 3.85. The summed E-state index contributed by atoms with van der Waals surface area (Å²) in [4.78, 5) is 0. The predicted molar refractivity (Wildman–Crippen MR) is 48.5 cm³/mol. The van der Waals surface area contributed by atoms with Gasteiger partial charge in [-0.3, -0.25) is 0 Å². The number of nitrogens with zero attached hydrogens (tertiary/aromatic N) is 1. The van der Waals surface area contributed by atoms with Crippen LogP contribution in [0, 0.1) is 0 Å². The van der Waals surface area contributed by atoms with Gasteiger partial charge < -0.3 is 12.4 Å². The molecule has 3 heteroatoms. The molecule has 0 saturated carbocycles. The molecule has 1 aromatic rings. The third kappa shape index (κ3) is 2.84. The van der Waals surface area contributed by atoms with E-state index in [2.05, 4.69) is 0 Å². The fourth-order valence-electron chi connectivity index (χ4n) is 0.834. The van der Waals surface area contributed by atoms with Gasteiger partial charge in [-0.05, 0) is 23.7 Å². The predicted octanol–water partition coefficient (Wildman–Crippen LogP) is -1.05. The topological polar surface area (TPSA) is 3.01 Å². The maximum absolute atomic E-state index is 5.98. The van der Waals surface area contributed by atoms with Crippen molar-refractivity contribution in [2.45, 2.75) is 0 Å². The van der Waals surface area contributed by atoms with Gasteiger partial charge in [0.15, 0.2) is 0 Å². The van der Waals surface area contributed by atoms with E-state index in [0.29, 0.717) is 0 Å². The van der Waals surface area contributed by atoms with Crippen LogP contribution in [0.25, 0.3) is 0 Å². The Balaban J connectivity index is 0.00000121. The molecule has 0 saturated heterocycles. The molecule has 0 aliphatic heterocycles. The fraction of sp³-hybridized carbons (Fsp3) is 0.222. The first-order chi connectivity index (χ1) is 5.22. The van der Waals surface area contributed by atoms with E-state index in [-0.39, 0.29) is 12.4 Å². The zero-order chi connectivity index (χ0) is 8.27. The Morgan fingerprint density at radius 1 is 1.17 bits per heavy atom. The maximum Gasteiger partial charge on any atom is 0.276 e. The van der Waals surface area contributed by atoms with Crippen LogP contribution in [0.2, 0.25) is 0 Å². The lowest BCUT2D eigenvalue weighted by Crippen LogP contribution is -3.00. The molecule has 0 aliphatic rings. The van der Waals surface area contributed by atoms with Crippen molar-refractivity contribution in [3.8, 4) is 0 Å².